The highest BCUT2D eigenvalue weighted by Crippen LogP contribution is 2.21. The molecule has 0 spiro atoms. The fourth-order valence-corrected chi connectivity index (χ4v) is 1.79. The summed E-state index contributed by atoms with van der Waals surface area (Å²) in [5, 5.41) is 36.4. The van der Waals surface area contributed by atoms with E-state index >= 15 is 0 Å². The van der Waals surface area contributed by atoms with Crippen LogP contribution >= 0.6 is 0 Å². The van der Waals surface area contributed by atoms with Gasteiger partial charge in [0.2, 0.25) is 5.82 Å². The van der Waals surface area contributed by atoms with Crippen molar-refractivity contribution in [3.05, 3.63) is 29.8 Å². The number of aromatic nitrogens is 4. The van der Waals surface area contributed by atoms with Crippen LogP contribution in [0.3, 0.4) is 0 Å². The van der Waals surface area contributed by atoms with E-state index in [2.05, 4.69) is 25.9 Å². The third-order valence-electron chi connectivity index (χ3n) is 2.91. The summed E-state index contributed by atoms with van der Waals surface area (Å²) in [6.07, 6.45) is -1.19. The van der Waals surface area contributed by atoms with Crippen LogP contribution in [0.5, 0.6) is 0 Å². The molecule has 0 aliphatic carbocycles. The number of nitrogens with zero attached hydrogens (tertiary/aromatic N) is 3. The minimum Gasteiger partial charge on any atom is -0.390 e. The molecule has 0 bridgehead atoms. The van der Waals surface area contributed by atoms with E-state index in [4.69, 9.17) is 0 Å². The maximum absolute atomic E-state index is 10.0. The van der Waals surface area contributed by atoms with E-state index in [9.17, 15) is 10.2 Å². The average Bonchev–Trinajstić information content (AvgIpc) is 2.98. The van der Waals surface area contributed by atoms with Crippen LogP contribution in [0.1, 0.15) is 18.1 Å². The fourth-order valence-electron chi connectivity index (χ4n) is 1.79. The zero-order valence-electron chi connectivity index (χ0n) is 10.6. The number of benzene rings is 1. The summed E-state index contributed by atoms with van der Waals surface area (Å²) in [6.45, 7) is 0.652. The molecule has 0 aliphatic rings. The molecule has 19 heavy (non-hydrogen) atoms. The Bertz CT molecular complexity index is 485. The second-order valence-corrected chi connectivity index (χ2v) is 4.26. The second kappa shape index (κ2) is 6.37. The Morgan fingerprint density at radius 1 is 1.26 bits per heavy atom. The largest absolute Gasteiger partial charge is 0.390 e. The van der Waals surface area contributed by atoms with Gasteiger partial charge in [0.25, 0.3) is 0 Å². The third kappa shape index (κ3) is 3.34. The van der Waals surface area contributed by atoms with E-state index in [0.29, 0.717) is 24.4 Å². The number of rotatable bonds is 6. The average molecular weight is 263 g/mol. The Labute approximate surface area is 110 Å². The number of tetrazole rings is 1. The molecule has 4 N–H and O–H groups in total. The highest BCUT2D eigenvalue weighted by molar-refractivity contribution is 5.54. The third-order valence-corrected chi connectivity index (χ3v) is 2.91. The molecular weight excluding hydrogens is 246 g/mol. The predicted octanol–water partition coefficient (Wildman–Crippen LogP) is -0.130. The molecule has 2 aromatic rings. The Balaban J connectivity index is 2.05. The van der Waals surface area contributed by atoms with E-state index in [1.807, 2.05) is 0 Å². The first kappa shape index (κ1) is 13.6. The molecule has 7 heteroatoms. The van der Waals surface area contributed by atoms with E-state index in [-0.39, 0.29) is 0 Å². The van der Waals surface area contributed by atoms with Gasteiger partial charge >= 0.3 is 0 Å². The van der Waals surface area contributed by atoms with Crippen molar-refractivity contribution in [2.45, 2.75) is 18.6 Å². The first-order chi connectivity index (χ1) is 9.22. The van der Waals surface area contributed by atoms with Crippen LogP contribution in [-0.2, 0) is 0 Å². The van der Waals surface area contributed by atoms with Crippen LogP contribution in [0.4, 0.5) is 0 Å². The quantitative estimate of drug-likeness (QED) is 0.578. The van der Waals surface area contributed by atoms with Gasteiger partial charge in [0, 0.05) is 5.56 Å². The van der Waals surface area contributed by atoms with Crippen molar-refractivity contribution in [1.82, 2.24) is 25.9 Å². The summed E-state index contributed by atoms with van der Waals surface area (Å²) < 4.78 is 0. The number of aliphatic hydroxyl groups is 2. The molecule has 1 aromatic heterocycles. The van der Waals surface area contributed by atoms with Gasteiger partial charge in [0.05, 0.1) is 6.10 Å². The number of aromatic amines is 1. The molecular formula is C12H17N5O2. The first-order valence-corrected chi connectivity index (χ1v) is 6.07. The number of aliphatic hydroxyl groups excluding tert-OH is 2. The molecule has 0 radical (unpaired) electrons. The van der Waals surface area contributed by atoms with Crippen molar-refractivity contribution in [2.24, 2.45) is 0 Å². The molecule has 0 saturated carbocycles. The molecule has 0 amide bonds. The summed E-state index contributed by atoms with van der Waals surface area (Å²) in [4.78, 5) is 0. The lowest BCUT2D eigenvalue weighted by atomic mass is 10.0. The lowest BCUT2D eigenvalue weighted by molar-refractivity contribution is 0.0140. The van der Waals surface area contributed by atoms with Crippen LogP contribution in [0.2, 0.25) is 0 Å². The summed E-state index contributed by atoms with van der Waals surface area (Å²) in [6, 6.07) is 7.07. The van der Waals surface area contributed by atoms with Gasteiger partial charge in [-0.15, -0.1) is 10.2 Å². The smallest absolute Gasteiger partial charge is 0.204 e. The fraction of sp³-hybridized carbons (Fsp3) is 0.417. The standard InChI is InChI=1S/C12H17N5O2/c1-13-7-6-10(18)11(19)8-2-4-9(5-3-8)12-14-16-17-15-12/h2-5,10-11,13,18-19H,6-7H2,1H3,(H,14,15,16,17). The van der Waals surface area contributed by atoms with Crippen molar-refractivity contribution >= 4 is 0 Å². The lowest BCUT2D eigenvalue weighted by Gasteiger charge is -2.18. The van der Waals surface area contributed by atoms with Crippen molar-refractivity contribution < 1.29 is 10.2 Å². The van der Waals surface area contributed by atoms with E-state index in [1.165, 1.54) is 0 Å². The number of hydrogen-bond acceptors (Lipinski definition) is 6. The van der Waals surface area contributed by atoms with Crippen molar-refractivity contribution in [1.29, 1.82) is 0 Å². The van der Waals surface area contributed by atoms with Crippen molar-refractivity contribution in [3.8, 4) is 11.4 Å². The minimum atomic E-state index is -0.896. The molecule has 0 fully saturated rings. The molecule has 2 unspecified atom stereocenters. The van der Waals surface area contributed by atoms with Crippen LogP contribution in [0.25, 0.3) is 11.4 Å². The topological polar surface area (TPSA) is 107 Å². The second-order valence-electron chi connectivity index (χ2n) is 4.26. The number of H-pyrrole nitrogens is 1. The zero-order chi connectivity index (χ0) is 13.7. The molecule has 2 atom stereocenters. The summed E-state index contributed by atoms with van der Waals surface area (Å²) >= 11 is 0. The monoisotopic (exact) mass is 263 g/mol. The SMILES string of the molecule is CNCCC(O)C(O)c1ccc(-c2nn[nH]n2)cc1. The van der Waals surface area contributed by atoms with Gasteiger partial charge in [0.15, 0.2) is 0 Å². The molecule has 1 heterocycles. The van der Waals surface area contributed by atoms with Crippen LogP contribution < -0.4 is 5.32 Å². The summed E-state index contributed by atoms with van der Waals surface area (Å²) in [5.74, 6) is 0.497. The van der Waals surface area contributed by atoms with E-state index in [1.54, 1.807) is 31.3 Å². The van der Waals surface area contributed by atoms with Gasteiger partial charge in [-0.3, -0.25) is 0 Å². The predicted molar refractivity (Wildman–Crippen MR) is 69.1 cm³/mol. The highest BCUT2D eigenvalue weighted by atomic mass is 16.3. The van der Waals surface area contributed by atoms with Crippen molar-refractivity contribution in [3.63, 3.8) is 0 Å². The summed E-state index contributed by atoms with van der Waals surface area (Å²) in [7, 11) is 1.80. The van der Waals surface area contributed by atoms with Crippen LogP contribution in [0, 0.1) is 0 Å². The van der Waals surface area contributed by atoms with Crippen LogP contribution in [-0.4, -0.2) is 50.5 Å². The maximum Gasteiger partial charge on any atom is 0.204 e. The normalized spacial score (nSPS) is 14.3. The Morgan fingerprint density at radius 3 is 2.58 bits per heavy atom. The maximum atomic E-state index is 10.0. The molecule has 0 saturated heterocycles. The van der Waals surface area contributed by atoms with E-state index < -0.39 is 12.2 Å². The zero-order valence-corrected chi connectivity index (χ0v) is 10.6. The minimum absolute atomic E-state index is 0.490. The van der Waals surface area contributed by atoms with Gasteiger partial charge in [-0.2, -0.15) is 5.21 Å². The van der Waals surface area contributed by atoms with Crippen molar-refractivity contribution in [2.75, 3.05) is 13.6 Å². The van der Waals surface area contributed by atoms with Gasteiger partial charge in [-0.25, -0.2) is 0 Å². The molecule has 0 aliphatic heterocycles. The molecule has 7 nitrogen and oxygen atoms in total. The van der Waals surface area contributed by atoms with Crippen LogP contribution in [0.15, 0.2) is 24.3 Å². The Morgan fingerprint density at radius 2 is 2.00 bits per heavy atom. The first-order valence-electron chi connectivity index (χ1n) is 6.07. The van der Waals surface area contributed by atoms with Gasteiger partial charge in [-0.1, -0.05) is 24.3 Å². The lowest BCUT2D eigenvalue weighted by Crippen LogP contribution is -2.23. The van der Waals surface area contributed by atoms with E-state index in [0.717, 1.165) is 5.56 Å². The number of nitrogens with one attached hydrogen (secondary N) is 2. The molecule has 2 rings (SSSR count). The van der Waals surface area contributed by atoms with Gasteiger partial charge in [-0.05, 0) is 30.8 Å². The van der Waals surface area contributed by atoms with Gasteiger partial charge < -0.3 is 15.5 Å². The molecule has 102 valence electrons. The summed E-state index contributed by atoms with van der Waals surface area (Å²) in [5.41, 5.74) is 1.46. The molecule has 1 aromatic carbocycles. The highest BCUT2D eigenvalue weighted by Gasteiger charge is 2.17. The Hall–Kier alpha value is -1.83. The van der Waals surface area contributed by atoms with Gasteiger partial charge in [0.1, 0.15) is 6.10 Å². The Kier molecular flexibility index (Phi) is 4.56. The number of hydrogen-bond donors (Lipinski definition) is 4.